The number of hydrogen-bond acceptors (Lipinski definition) is 3. The molecule has 2 rings (SSSR count). The minimum Gasteiger partial charge on any atom is -0.272 e. The molecule has 1 aliphatic rings. The van der Waals surface area contributed by atoms with Gasteiger partial charge in [0.2, 0.25) is 5.91 Å². The largest absolute Gasteiger partial charge is 0.272 e. The predicted molar refractivity (Wildman–Crippen MR) is 70.8 cm³/mol. The number of aromatic nitrogens is 2. The molecule has 1 atom stereocenters. The van der Waals surface area contributed by atoms with Crippen LogP contribution in [0.2, 0.25) is 0 Å². The van der Waals surface area contributed by atoms with E-state index in [1.165, 1.54) is 0 Å². The summed E-state index contributed by atoms with van der Waals surface area (Å²) in [6, 6.07) is 0. The molecule has 1 amide bonds. The van der Waals surface area contributed by atoms with E-state index in [9.17, 15) is 4.79 Å². The van der Waals surface area contributed by atoms with Gasteiger partial charge in [0, 0.05) is 18.3 Å². The minimum absolute atomic E-state index is 0.273. The number of alkyl halides is 2. The van der Waals surface area contributed by atoms with Gasteiger partial charge in [-0.25, -0.2) is 5.43 Å². The van der Waals surface area contributed by atoms with Crippen molar-refractivity contribution in [2.45, 2.75) is 24.6 Å². The summed E-state index contributed by atoms with van der Waals surface area (Å²) in [6.07, 6.45) is 3.67. The number of halogens is 2. The van der Waals surface area contributed by atoms with Crippen LogP contribution in [0.15, 0.2) is 11.3 Å². The molecule has 1 saturated carbocycles. The third-order valence-corrected chi connectivity index (χ3v) is 4.50. The minimum atomic E-state index is -0.975. The number of hydrazone groups is 1. The number of rotatable bonds is 3. The molecule has 1 unspecified atom stereocenters. The van der Waals surface area contributed by atoms with Gasteiger partial charge in [0.1, 0.15) is 4.33 Å². The van der Waals surface area contributed by atoms with Crippen LogP contribution in [0.4, 0.5) is 0 Å². The molecule has 5 nitrogen and oxygen atoms in total. The van der Waals surface area contributed by atoms with Crippen LogP contribution in [0.3, 0.4) is 0 Å². The van der Waals surface area contributed by atoms with E-state index in [-0.39, 0.29) is 5.91 Å². The van der Waals surface area contributed by atoms with Crippen molar-refractivity contribution < 1.29 is 4.79 Å². The van der Waals surface area contributed by atoms with Gasteiger partial charge < -0.3 is 0 Å². The van der Waals surface area contributed by atoms with Crippen LogP contribution in [0, 0.1) is 12.3 Å². The average Bonchev–Trinajstić information content (AvgIpc) is 2.66. The highest BCUT2D eigenvalue weighted by atomic mass is 35.5. The Labute approximate surface area is 115 Å². The van der Waals surface area contributed by atoms with Gasteiger partial charge in [-0.2, -0.15) is 10.2 Å². The molecule has 0 spiro atoms. The molecular weight excluding hydrogens is 275 g/mol. The van der Waals surface area contributed by atoms with Gasteiger partial charge >= 0.3 is 0 Å². The van der Waals surface area contributed by atoms with E-state index in [0.29, 0.717) is 6.42 Å². The van der Waals surface area contributed by atoms with E-state index in [1.54, 1.807) is 24.0 Å². The quantitative estimate of drug-likeness (QED) is 0.523. The van der Waals surface area contributed by atoms with E-state index < -0.39 is 9.75 Å². The highest BCUT2D eigenvalue weighted by Crippen LogP contribution is 2.63. The zero-order valence-corrected chi connectivity index (χ0v) is 11.9. The predicted octanol–water partition coefficient (Wildman–Crippen LogP) is 1.76. The van der Waals surface area contributed by atoms with Crippen LogP contribution in [0.5, 0.6) is 0 Å². The summed E-state index contributed by atoms with van der Waals surface area (Å²) < 4.78 is 0.755. The molecule has 0 bridgehead atoms. The summed E-state index contributed by atoms with van der Waals surface area (Å²) >= 11 is 11.8. The normalized spacial score (nSPS) is 25.4. The van der Waals surface area contributed by atoms with Crippen molar-refractivity contribution in [3.63, 3.8) is 0 Å². The molecule has 0 radical (unpaired) electrons. The van der Waals surface area contributed by atoms with Crippen LogP contribution < -0.4 is 5.43 Å². The number of nitrogens with zero attached hydrogens (tertiary/aromatic N) is 3. The van der Waals surface area contributed by atoms with Crippen LogP contribution in [0.1, 0.15) is 24.6 Å². The van der Waals surface area contributed by atoms with Gasteiger partial charge in [0.15, 0.2) is 0 Å². The van der Waals surface area contributed by atoms with Gasteiger partial charge in [-0.1, -0.05) is 0 Å². The van der Waals surface area contributed by atoms with E-state index in [4.69, 9.17) is 23.2 Å². The molecule has 7 heteroatoms. The lowest BCUT2D eigenvalue weighted by atomic mass is 10.1. The maximum atomic E-state index is 11.8. The van der Waals surface area contributed by atoms with Crippen molar-refractivity contribution >= 4 is 35.3 Å². The molecule has 1 N–H and O–H groups in total. The first-order chi connectivity index (χ1) is 8.28. The van der Waals surface area contributed by atoms with Crippen molar-refractivity contribution in [3.05, 3.63) is 17.5 Å². The van der Waals surface area contributed by atoms with Gasteiger partial charge in [0.25, 0.3) is 0 Å². The fourth-order valence-electron chi connectivity index (χ4n) is 1.57. The Bertz CT molecular complexity index is 523. The second kappa shape index (κ2) is 4.24. The Balaban J connectivity index is 1.97. The number of carbonyl (C=O) groups excluding carboxylic acids is 1. The Morgan fingerprint density at radius 2 is 2.28 bits per heavy atom. The van der Waals surface area contributed by atoms with E-state index in [2.05, 4.69) is 15.6 Å². The Morgan fingerprint density at radius 1 is 1.67 bits per heavy atom. The summed E-state index contributed by atoms with van der Waals surface area (Å²) in [5, 5.41) is 7.96. The van der Waals surface area contributed by atoms with Crippen LogP contribution >= 0.6 is 23.2 Å². The van der Waals surface area contributed by atoms with Gasteiger partial charge in [0.05, 0.1) is 17.8 Å². The fraction of sp³-hybridized carbons (Fsp3) is 0.545. The van der Waals surface area contributed by atoms with E-state index in [0.717, 1.165) is 11.3 Å². The van der Waals surface area contributed by atoms with Gasteiger partial charge in [-0.3, -0.25) is 9.48 Å². The fourth-order valence-corrected chi connectivity index (χ4v) is 2.28. The van der Waals surface area contributed by atoms with Gasteiger partial charge in [-0.05, 0) is 20.3 Å². The van der Waals surface area contributed by atoms with Gasteiger partial charge in [-0.15, -0.1) is 23.2 Å². The van der Waals surface area contributed by atoms with Crippen LogP contribution in [0.25, 0.3) is 0 Å². The summed E-state index contributed by atoms with van der Waals surface area (Å²) in [5.41, 5.74) is 3.51. The number of hydrogen-bond donors (Lipinski definition) is 1. The standard InChI is InChI=1S/C11H14Cl2N4O/c1-7-8(5-15-17(7)3)4-14-16-9(18)10(2)6-11(10,12)13/h4-5H,6H2,1-3H3,(H,16,18)/b14-4+. The first-order valence-electron chi connectivity index (χ1n) is 5.48. The summed E-state index contributed by atoms with van der Waals surface area (Å²) in [5.74, 6) is -0.273. The molecule has 1 aliphatic carbocycles. The number of aryl methyl sites for hydroxylation is 1. The highest BCUT2D eigenvalue weighted by molar-refractivity contribution is 6.53. The molecule has 1 aromatic rings. The van der Waals surface area contributed by atoms with Crippen LogP contribution in [-0.2, 0) is 11.8 Å². The van der Waals surface area contributed by atoms with E-state index >= 15 is 0 Å². The average molecular weight is 289 g/mol. The number of nitrogens with one attached hydrogen (secondary N) is 1. The Morgan fingerprint density at radius 3 is 2.72 bits per heavy atom. The van der Waals surface area contributed by atoms with Crippen molar-refractivity contribution in [1.29, 1.82) is 0 Å². The highest BCUT2D eigenvalue weighted by Gasteiger charge is 2.68. The van der Waals surface area contributed by atoms with Crippen LogP contribution in [-0.4, -0.2) is 26.2 Å². The zero-order chi connectivity index (χ0) is 13.6. The molecule has 1 heterocycles. The SMILES string of the molecule is Cc1c(/C=N/NC(=O)C2(C)CC2(Cl)Cl)cnn1C. The lowest BCUT2D eigenvalue weighted by molar-refractivity contribution is -0.125. The molecule has 0 aliphatic heterocycles. The summed E-state index contributed by atoms with van der Waals surface area (Å²) in [4.78, 5) is 11.8. The maximum absolute atomic E-state index is 11.8. The smallest absolute Gasteiger partial charge is 0.249 e. The Hall–Kier alpha value is -1.07. The second-order valence-corrected chi connectivity index (χ2v) is 6.21. The Kier molecular flexibility index (Phi) is 3.15. The molecular formula is C11H14Cl2N4O. The molecule has 0 saturated heterocycles. The zero-order valence-electron chi connectivity index (χ0n) is 10.4. The first kappa shape index (κ1) is 13.4. The molecule has 1 aromatic heterocycles. The monoisotopic (exact) mass is 288 g/mol. The topological polar surface area (TPSA) is 59.3 Å². The third-order valence-electron chi connectivity index (χ3n) is 3.40. The van der Waals surface area contributed by atoms with Crippen molar-refractivity contribution in [2.24, 2.45) is 17.6 Å². The van der Waals surface area contributed by atoms with Crippen molar-refractivity contribution in [2.75, 3.05) is 0 Å². The second-order valence-electron chi connectivity index (χ2n) is 4.72. The number of amides is 1. The lowest BCUT2D eigenvalue weighted by Gasteiger charge is -2.08. The van der Waals surface area contributed by atoms with Crippen molar-refractivity contribution in [3.8, 4) is 0 Å². The summed E-state index contributed by atoms with van der Waals surface area (Å²) in [7, 11) is 1.84. The molecule has 1 fully saturated rings. The third kappa shape index (κ3) is 2.12. The lowest BCUT2D eigenvalue weighted by Crippen LogP contribution is -2.29. The first-order valence-corrected chi connectivity index (χ1v) is 6.23. The maximum Gasteiger partial charge on any atom is 0.249 e. The molecule has 0 aromatic carbocycles. The summed E-state index contributed by atoms with van der Waals surface area (Å²) in [6.45, 7) is 3.63. The van der Waals surface area contributed by atoms with Crippen molar-refractivity contribution in [1.82, 2.24) is 15.2 Å². The molecule has 18 heavy (non-hydrogen) atoms. The molecule has 98 valence electrons. The van der Waals surface area contributed by atoms with E-state index in [1.807, 2.05) is 14.0 Å². The number of carbonyl (C=O) groups is 1.